The first kappa shape index (κ1) is 6.46. The summed E-state index contributed by atoms with van der Waals surface area (Å²) in [6.07, 6.45) is 2.21. The Labute approximate surface area is 64.4 Å². The second-order valence-electron chi connectivity index (χ2n) is 2.79. The van der Waals surface area contributed by atoms with Gasteiger partial charge < -0.3 is 9.73 Å². The molecule has 3 nitrogen and oxygen atoms in total. The molecule has 1 aliphatic heterocycles. The molecular weight excluding hydrogens is 142 g/mol. The van der Waals surface area contributed by atoms with Crippen LogP contribution in [0.3, 0.4) is 0 Å². The maximum atomic E-state index is 10.6. The van der Waals surface area contributed by atoms with E-state index in [4.69, 9.17) is 4.42 Å². The van der Waals surface area contributed by atoms with Crippen molar-refractivity contribution in [1.29, 1.82) is 0 Å². The van der Waals surface area contributed by atoms with E-state index in [1.807, 2.05) is 13.0 Å². The van der Waals surface area contributed by atoms with Gasteiger partial charge in [-0.1, -0.05) is 0 Å². The number of furan rings is 1. The minimum Gasteiger partial charge on any atom is -0.467 e. The molecular formula is C8H9NO2. The highest BCUT2D eigenvalue weighted by molar-refractivity contribution is 5.83. The van der Waals surface area contributed by atoms with Crippen LogP contribution in [0.15, 0.2) is 16.7 Å². The van der Waals surface area contributed by atoms with Crippen molar-refractivity contribution < 1.29 is 9.21 Å². The van der Waals surface area contributed by atoms with Gasteiger partial charge in [-0.05, 0) is 18.6 Å². The van der Waals surface area contributed by atoms with Gasteiger partial charge in [-0.2, -0.15) is 0 Å². The molecule has 0 radical (unpaired) electrons. The maximum Gasteiger partial charge on any atom is 0.223 e. The van der Waals surface area contributed by atoms with Gasteiger partial charge >= 0.3 is 0 Å². The highest BCUT2D eigenvalue weighted by atomic mass is 16.3. The summed E-state index contributed by atoms with van der Waals surface area (Å²) < 4.78 is 5.20. The number of aryl methyl sites for hydroxylation is 1. The lowest BCUT2D eigenvalue weighted by Crippen LogP contribution is -2.41. The second-order valence-corrected chi connectivity index (χ2v) is 2.79. The third-order valence-corrected chi connectivity index (χ3v) is 1.94. The predicted molar refractivity (Wildman–Crippen MR) is 38.9 cm³/mol. The summed E-state index contributed by atoms with van der Waals surface area (Å²) in [5.41, 5.74) is 1.11. The normalized spacial score (nSPS) is 22.6. The molecule has 0 aliphatic carbocycles. The molecule has 2 heterocycles. The van der Waals surface area contributed by atoms with E-state index >= 15 is 0 Å². The highest BCUT2D eigenvalue weighted by Crippen LogP contribution is 2.26. The standard InChI is InChI=1S/C8H9NO2/c1-5-2-3-11-8(5)6-4-7(10)9-6/h2-3,6H,4H2,1H3,(H,9,10). The van der Waals surface area contributed by atoms with Crippen LogP contribution in [0.5, 0.6) is 0 Å². The van der Waals surface area contributed by atoms with Crippen molar-refractivity contribution in [2.24, 2.45) is 0 Å². The maximum absolute atomic E-state index is 10.6. The van der Waals surface area contributed by atoms with Crippen LogP contribution in [-0.4, -0.2) is 5.91 Å². The topological polar surface area (TPSA) is 42.2 Å². The van der Waals surface area contributed by atoms with E-state index in [1.165, 1.54) is 0 Å². The summed E-state index contributed by atoms with van der Waals surface area (Å²) >= 11 is 0. The van der Waals surface area contributed by atoms with Gasteiger partial charge in [-0.25, -0.2) is 0 Å². The molecule has 1 atom stereocenters. The molecule has 58 valence electrons. The van der Waals surface area contributed by atoms with E-state index < -0.39 is 0 Å². The fourth-order valence-electron chi connectivity index (χ4n) is 1.26. The zero-order chi connectivity index (χ0) is 7.84. The zero-order valence-corrected chi connectivity index (χ0v) is 6.26. The molecule has 1 amide bonds. The average Bonchev–Trinajstić information content (AvgIpc) is 2.29. The minimum atomic E-state index is 0.103. The molecule has 1 saturated heterocycles. The van der Waals surface area contributed by atoms with Crippen LogP contribution in [0, 0.1) is 6.92 Å². The first-order chi connectivity index (χ1) is 5.27. The zero-order valence-electron chi connectivity index (χ0n) is 6.26. The predicted octanol–water partition coefficient (Wildman–Crippen LogP) is 1.15. The lowest BCUT2D eigenvalue weighted by atomic mass is 10.0. The van der Waals surface area contributed by atoms with Crippen molar-refractivity contribution >= 4 is 5.91 Å². The fraction of sp³-hybridized carbons (Fsp3) is 0.375. The summed E-state index contributed by atoms with van der Waals surface area (Å²) in [6, 6.07) is 2.03. The van der Waals surface area contributed by atoms with Crippen LogP contribution >= 0.6 is 0 Å². The third-order valence-electron chi connectivity index (χ3n) is 1.94. The molecule has 1 aliphatic rings. The minimum absolute atomic E-state index is 0.103. The van der Waals surface area contributed by atoms with Crippen molar-refractivity contribution in [3.05, 3.63) is 23.7 Å². The largest absolute Gasteiger partial charge is 0.467 e. The van der Waals surface area contributed by atoms with Crippen molar-refractivity contribution in [3.8, 4) is 0 Å². The summed E-state index contributed by atoms with van der Waals surface area (Å²) in [4.78, 5) is 10.6. The van der Waals surface area contributed by atoms with E-state index in [9.17, 15) is 4.79 Å². The molecule has 1 fully saturated rings. The second kappa shape index (κ2) is 2.12. The number of amides is 1. The number of carbonyl (C=O) groups excluding carboxylic acids is 1. The Bertz CT molecular complexity index is 282. The Balaban J connectivity index is 2.18. The number of nitrogens with one attached hydrogen (secondary N) is 1. The Kier molecular flexibility index (Phi) is 1.24. The van der Waals surface area contributed by atoms with Crippen molar-refractivity contribution in [3.63, 3.8) is 0 Å². The van der Waals surface area contributed by atoms with Gasteiger partial charge in [0.05, 0.1) is 18.7 Å². The molecule has 0 aromatic carbocycles. The fourth-order valence-corrected chi connectivity index (χ4v) is 1.26. The summed E-state index contributed by atoms with van der Waals surface area (Å²) in [5.74, 6) is 0.996. The van der Waals surface area contributed by atoms with Crippen LogP contribution in [-0.2, 0) is 4.79 Å². The van der Waals surface area contributed by atoms with Crippen LogP contribution in [0.25, 0.3) is 0 Å². The number of rotatable bonds is 1. The van der Waals surface area contributed by atoms with Crippen LogP contribution < -0.4 is 5.32 Å². The Morgan fingerprint density at radius 3 is 2.91 bits per heavy atom. The monoisotopic (exact) mass is 151 g/mol. The third kappa shape index (κ3) is 0.926. The lowest BCUT2D eigenvalue weighted by Gasteiger charge is -2.25. The number of hydrogen-bond donors (Lipinski definition) is 1. The molecule has 1 unspecified atom stereocenters. The number of carbonyl (C=O) groups is 1. The van der Waals surface area contributed by atoms with Crippen LogP contribution in [0.4, 0.5) is 0 Å². The Morgan fingerprint density at radius 2 is 2.45 bits per heavy atom. The van der Waals surface area contributed by atoms with Crippen LogP contribution in [0.1, 0.15) is 23.8 Å². The van der Waals surface area contributed by atoms with E-state index in [2.05, 4.69) is 5.32 Å². The van der Waals surface area contributed by atoms with Gasteiger partial charge in [-0.15, -0.1) is 0 Å². The van der Waals surface area contributed by atoms with Gasteiger partial charge in [-0.3, -0.25) is 4.79 Å². The van der Waals surface area contributed by atoms with Crippen molar-refractivity contribution in [1.82, 2.24) is 5.32 Å². The van der Waals surface area contributed by atoms with Gasteiger partial charge in [0.1, 0.15) is 5.76 Å². The van der Waals surface area contributed by atoms with E-state index in [0.717, 1.165) is 11.3 Å². The number of β-lactam (4-membered cyclic amide) rings is 1. The molecule has 11 heavy (non-hydrogen) atoms. The molecule has 1 aromatic rings. The quantitative estimate of drug-likeness (QED) is 0.612. The molecule has 0 saturated carbocycles. The molecule has 3 heteroatoms. The Hall–Kier alpha value is -1.25. The summed E-state index contributed by atoms with van der Waals surface area (Å²) in [5, 5.41) is 2.75. The summed E-state index contributed by atoms with van der Waals surface area (Å²) in [7, 11) is 0. The first-order valence-electron chi connectivity index (χ1n) is 3.61. The smallest absolute Gasteiger partial charge is 0.223 e. The van der Waals surface area contributed by atoms with Gasteiger partial charge in [0.2, 0.25) is 5.91 Å². The number of hydrogen-bond acceptors (Lipinski definition) is 2. The average molecular weight is 151 g/mol. The van der Waals surface area contributed by atoms with Gasteiger partial charge in [0.15, 0.2) is 0 Å². The van der Waals surface area contributed by atoms with Gasteiger partial charge in [0, 0.05) is 0 Å². The Morgan fingerprint density at radius 1 is 1.73 bits per heavy atom. The molecule has 0 bridgehead atoms. The van der Waals surface area contributed by atoms with E-state index in [1.54, 1.807) is 6.26 Å². The SMILES string of the molecule is Cc1ccoc1C1CC(=O)N1. The van der Waals surface area contributed by atoms with Crippen molar-refractivity contribution in [2.45, 2.75) is 19.4 Å². The summed E-state index contributed by atoms with van der Waals surface area (Å²) in [6.45, 7) is 1.98. The van der Waals surface area contributed by atoms with Crippen LogP contribution in [0.2, 0.25) is 0 Å². The highest BCUT2D eigenvalue weighted by Gasteiger charge is 2.29. The van der Waals surface area contributed by atoms with Gasteiger partial charge in [0.25, 0.3) is 0 Å². The van der Waals surface area contributed by atoms with E-state index in [-0.39, 0.29) is 11.9 Å². The lowest BCUT2D eigenvalue weighted by molar-refractivity contribution is -0.128. The van der Waals surface area contributed by atoms with Crippen molar-refractivity contribution in [2.75, 3.05) is 0 Å². The molecule has 1 aromatic heterocycles. The first-order valence-corrected chi connectivity index (χ1v) is 3.61. The molecule has 0 spiro atoms. The van der Waals surface area contributed by atoms with E-state index in [0.29, 0.717) is 6.42 Å². The molecule has 2 rings (SSSR count). The molecule has 1 N–H and O–H groups in total.